The SMILES string of the molecule is O=C(CCC(=O)c1ccccc1)NCC1Cc2c(sc(NC(=O)C(=O)O)c2C(=O)O)CO1. The Kier molecular flexibility index (Phi) is 7.33. The van der Waals surface area contributed by atoms with Crippen molar-refractivity contribution in [3.05, 3.63) is 51.9 Å². The summed E-state index contributed by atoms with van der Waals surface area (Å²) in [6, 6.07) is 8.65. The first kappa shape index (κ1) is 23.1. The predicted molar refractivity (Wildman–Crippen MR) is 113 cm³/mol. The molecule has 168 valence electrons. The minimum absolute atomic E-state index is 0.00981. The Labute approximate surface area is 186 Å². The van der Waals surface area contributed by atoms with Crippen molar-refractivity contribution in [3.63, 3.8) is 0 Å². The standard InChI is InChI=1S/C21H20N2O8S/c24-14(11-4-2-1-3-5-11)6-7-16(25)22-9-12-8-13-15(10-31-12)32-19(17(13)20(27)28)23-18(26)21(29)30/h1-5,12H,6-10H2,(H,22,25)(H,23,26)(H,27,28)(H,29,30). The molecule has 3 rings (SSSR count). The molecule has 11 heteroatoms. The average molecular weight is 460 g/mol. The first-order valence-corrected chi connectivity index (χ1v) is 10.5. The van der Waals surface area contributed by atoms with Gasteiger partial charge in [0.2, 0.25) is 5.91 Å². The van der Waals surface area contributed by atoms with Crippen molar-refractivity contribution in [1.82, 2.24) is 5.32 Å². The smallest absolute Gasteiger partial charge is 0.394 e. The van der Waals surface area contributed by atoms with Crippen LogP contribution in [-0.2, 0) is 32.1 Å². The molecule has 0 saturated heterocycles. The molecule has 1 atom stereocenters. The summed E-state index contributed by atoms with van der Waals surface area (Å²) in [5.41, 5.74) is 0.800. The largest absolute Gasteiger partial charge is 0.478 e. The molecule has 0 bridgehead atoms. The molecule has 0 fully saturated rings. The molecule has 1 aromatic heterocycles. The van der Waals surface area contributed by atoms with Gasteiger partial charge in [-0.25, -0.2) is 9.59 Å². The van der Waals surface area contributed by atoms with Gasteiger partial charge in [0.15, 0.2) is 5.78 Å². The molecule has 2 heterocycles. The van der Waals surface area contributed by atoms with Gasteiger partial charge in [-0.2, -0.15) is 0 Å². The Hall–Kier alpha value is -3.57. The van der Waals surface area contributed by atoms with Gasteiger partial charge in [-0.3, -0.25) is 14.4 Å². The van der Waals surface area contributed by atoms with Crippen molar-refractivity contribution in [2.45, 2.75) is 32.0 Å². The van der Waals surface area contributed by atoms with Gasteiger partial charge in [-0.15, -0.1) is 11.3 Å². The summed E-state index contributed by atoms with van der Waals surface area (Å²) >= 11 is 0.946. The molecule has 0 saturated carbocycles. The zero-order valence-corrected chi connectivity index (χ0v) is 17.6. The van der Waals surface area contributed by atoms with Crippen molar-refractivity contribution < 1.29 is 38.9 Å². The summed E-state index contributed by atoms with van der Waals surface area (Å²) in [7, 11) is 0. The fourth-order valence-electron chi connectivity index (χ4n) is 3.24. The third-order valence-corrected chi connectivity index (χ3v) is 5.93. The topological polar surface area (TPSA) is 159 Å². The van der Waals surface area contributed by atoms with Crippen molar-refractivity contribution in [2.24, 2.45) is 0 Å². The first-order valence-electron chi connectivity index (χ1n) is 9.65. The third kappa shape index (κ3) is 5.56. The zero-order valence-electron chi connectivity index (χ0n) is 16.8. The number of ketones is 1. The predicted octanol–water partition coefficient (Wildman–Crippen LogP) is 1.69. The Morgan fingerprint density at radius 1 is 1.06 bits per heavy atom. The molecule has 2 amide bonds. The number of carbonyl (C=O) groups excluding carboxylic acids is 3. The van der Waals surface area contributed by atoms with Crippen LogP contribution in [0.1, 0.15) is 44.0 Å². The van der Waals surface area contributed by atoms with Crippen LogP contribution in [-0.4, -0.2) is 52.4 Å². The number of Topliss-reactive ketones (excluding diaryl/α,β-unsaturated/α-hetero) is 1. The van der Waals surface area contributed by atoms with Gasteiger partial charge in [0.25, 0.3) is 0 Å². The summed E-state index contributed by atoms with van der Waals surface area (Å²) in [5.74, 6) is -4.83. The molecule has 0 spiro atoms. The number of aliphatic carboxylic acids is 1. The summed E-state index contributed by atoms with van der Waals surface area (Å²) in [6.07, 6.45) is -0.270. The number of nitrogens with one attached hydrogen (secondary N) is 2. The Morgan fingerprint density at radius 2 is 1.78 bits per heavy atom. The molecule has 1 aliphatic heterocycles. The molecule has 4 N–H and O–H groups in total. The quantitative estimate of drug-likeness (QED) is 0.342. The van der Waals surface area contributed by atoms with E-state index in [0.29, 0.717) is 16.0 Å². The molecule has 1 aromatic carbocycles. The summed E-state index contributed by atoms with van der Waals surface area (Å²) in [6.45, 7) is 0.180. The minimum atomic E-state index is -1.73. The summed E-state index contributed by atoms with van der Waals surface area (Å²) < 4.78 is 5.66. The molecule has 1 aliphatic rings. The highest BCUT2D eigenvalue weighted by atomic mass is 32.1. The fourth-order valence-corrected chi connectivity index (χ4v) is 4.38. The molecule has 2 aromatic rings. The number of benzene rings is 1. The van der Waals surface area contributed by atoms with E-state index in [9.17, 15) is 29.1 Å². The number of hydrogen-bond acceptors (Lipinski definition) is 7. The lowest BCUT2D eigenvalue weighted by Crippen LogP contribution is -2.37. The van der Waals surface area contributed by atoms with E-state index in [1.807, 2.05) is 0 Å². The van der Waals surface area contributed by atoms with Crippen LogP contribution in [0, 0.1) is 0 Å². The van der Waals surface area contributed by atoms with E-state index in [2.05, 4.69) is 10.6 Å². The molecule has 10 nitrogen and oxygen atoms in total. The summed E-state index contributed by atoms with van der Waals surface area (Å²) in [5, 5.41) is 23.0. The van der Waals surface area contributed by atoms with E-state index in [4.69, 9.17) is 9.84 Å². The van der Waals surface area contributed by atoms with Crippen LogP contribution in [0.25, 0.3) is 0 Å². The van der Waals surface area contributed by atoms with E-state index in [1.54, 1.807) is 30.3 Å². The molecular weight excluding hydrogens is 440 g/mol. The maximum atomic E-state index is 12.1. The van der Waals surface area contributed by atoms with Crippen molar-refractivity contribution in [2.75, 3.05) is 11.9 Å². The van der Waals surface area contributed by atoms with Crippen molar-refractivity contribution in [3.8, 4) is 0 Å². The number of rotatable bonds is 8. The highest BCUT2D eigenvalue weighted by molar-refractivity contribution is 7.17. The summed E-state index contributed by atoms with van der Waals surface area (Å²) in [4.78, 5) is 58.7. The van der Waals surface area contributed by atoms with Gasteiger partial charge < -0.3 is 25.6 Å². The van der Waals surface area contributed by atoms with Crippen LogP contribution in [0.2, 0.25) is 0 Å². The second-order valence-electron chi connectivity index (χ2n) is 7.00. The Bertz CT molecular complexity index is 1060. The number of fused-ring (bicyclic) bond motifs is 1. The highest BCUT2D eigenvalue weighted by Crippen LogP contribution is 2.37. The van der Waals surface area contributed by atoms with E-state index >= 15 is 0 Å². The van der Waals surface area contributed by atoms with Crippen molar-refractivity contribution in [1.29, 1.82) is 0 Å². The maximum Gasteiger partial charge on any atom is 0.394 e. The van der Waals surface area contributed by atoms with Gasteiger partial charge in [0.1, 0.15) is 5.00 Å². The number of aromatic carboxylic acids is 1. The number of carboxylic acids is 2. The van der Waals surface area contributed by atoms with E-state index in [1.165, 1.54) is 0 Å². The second kappa shape index (κ2) is 10.2. The van der Waals surface area contributed by atoms with E-state index in [0.717, 1.165) is 11.3 Å². The zero-order chi connectivity index (χ0) is 23.3. The minimum Gasteiger partial charge on any atom is -0.478 e. The Balaban J connectivity index is 1.56. The van der Waals surface area contributed by atoms with Gasteiger partial charge >= 0.3 is 17.8 Å². The number of carbonyl (C=O) groups is 5. The molecular formula is C21H20N2O8S. The van der Waals surface area contributed by atoms with Crippen molar-refractivity contribution >= 4 is 45.9 Å². The second-order valence-corrected chi connectivity index (χ2v) is 8.11. The number of ether oxygens (including phenoxy) is 1. The van der Waals surface area contributed by atoms with Crippen LogP contribution < -0.4 is 10.6 Å². The first-order chi connectivity index (χ1) is 15.3. The lowest BCUT2D eigenvalue weighted by Gasteiger charge is -2.23. The van der Waals surface area contributed by atoms with Gasteiger partial charge in [0, 0.05) is 36.2 Å². The monoisotopic (exact) mass is 460 g/mol. The average Bonchev–Trinajstić information content (AvgIpc) is 3.13. The normalized spacial score (nSPS) is 14.8. The lowest BCUT2D eigenvalue weighted by atomic mass is 10.0. The lowest BCUT2D eigenvalue weighted by molar-refractivity contribution is -0.147. The van der Waals surface area contributed by atoms with Gasteiger partial charge in [0.05, 0.1) is 18.3 Å². The molecule has 32 heavy (non-hydrogen) atoms. The number of hydrogen-bond donors (Lipinski definition) is 4. The van der Waals surface area contributed by atoms with Crippen LogP contribution >= 0.6 is 11.3 Å². The Morgan fingerprint density at radius 3 is 2.44 bits per heavy atom. The third-order valence-electron chi connectivity index (χ3n) is 4.81. The van der Waals surface area contributed by atoms with Gasteiger partial charge in [-0.05, 0) is 5.56 Å². The number of anilines is 1. The van der Waals surface area contributed by atoms with E-state index < -0.39 is 23.9 Å². The molecule has 0 radical (unpaired) electrons. The van der Waals surface area contributed by atoms with E-state index in [-0.39, 0.29) is 54.7 Å². The molecule has 0 aliphatic carbocycles. The number of thiophene rings is 1. The maximum absolute atomic E-state index is 12.1. The van der Waals surface area contributed by atoms with Crippen LogP contribution in [0.5, 0.6) is 0 Å². The molecule has 1 unspecified atom stereocenters. The van der Waals surface area contributed by atoms with Gasteiger partial charge in [-0.1, -0.05) is 30.3 Å². The number of amides is 2. The fraction of sp³-hybridized carbons (Fsp3) is 0.286. The van der Waals surface area contributed by atoms with Crippen LogP contribution in [0.15, 0.2) is 30.3 Å². The van der Waals surface area contributed by atoms with Crippen LogP contribution in [0.4, 0.5) is 5.00 Å². The number of carboxylic acid groups (broad SMARTS) is 2. The van der Waals surface area contributed by atoms with Crippen LogP contribution in [0.3, 0.4) is 0 Å². The highest BCUT2D eigenvalue weighted by Gasteiger charge is 2.31.